The van der Waals surface area contributed by atoms with Crippen LogP contribution in [0.15, 0.2) is 70.7 Å². The molecule has 1 fully saturated rings. The van der Waals surface area contributed by atoms with Gasteiger partial charge in [0.15, 0.2) is 0 Å². The van der Waals surface area contributed by atoms with Gasteiger partial charge in [-0.1, -0.05) is 37.4 Å². The van der Waals surface area contributed by atoms with Gasteiger partial charge in [-0.15, -0.1) is 0 Å². The van der Waals surface area contributed by atoms with E-state index in [9.17, 15) is 14.7 Å². The standard InChI is InChI=1S/C27H26ClNO5/c1-3-4-5-15-33-21-12-10-18(11-13-21)25(30)23-24(22-14-9-17(2)34-22)29(27(32)26(23)31)20-8-6-7-19(28)16-20/h6-14,16,24,30H,3-5,15H2,1-2H3/b25-23-. The molecule has 2 aromatic carbocycles. The average molecular weight is 480 g/mol. The van der Waals surface area contributed by atoms with E-state index in [2.05, 4.69) is 6.92 Å². The number of unbranched alkanes of at least 4 members (excludes halogenated alkanes) is 2. The Bertz CT molecular complexity index is 1230. The molecule has 1 N–H and O–H groups in total. The third-order valence-corrected chi connectivity index (χ3v) is 5.94. The van der Waals surface area contributed by atoms with E-state index in [-0.39, 0.29) is 11.3 Å². The van der Waals surface area contributed by atoms with Gasteiger partial charge in [0.2, 0.25) is 0 Å². The maximum Gasteiger partial charge on any atom is 0.300 e. The van der Waals surface area contributed by atoms with E-state index in [0.717, 1.165) is 19.3 Å². The summed E-state index contributed by atoms with van der Waals surface area (Å²) in [6.45, 7) is 4.51. The molecule has 2 heterocycles. The molecule has 0 bridgehead atoms. The molecular formula is C27H26ClNO5. The lowest BCUT2D eigenvalue weighted by Crippen LogP contribution is -2.29. The van der Waals surface area contributed by atoms with Crippen LogP contribution in [-0.2, 0) is 9.59 Å². The van der Waals surface area contributed by atoms with Crippen molar-refractivity contribution in [1.82, 2.24) is 0 Å². The molecule has 1 saturated heterocycles. The van der Waals surface area contributed by atoms with E-state index in [1.807, 2.05) is 0 Å². The number of hydrogen-bond acceptors (Lipinski definition) is 5. The first-order valence-electron chi connectivity index (χ1n) is 11.3. The molecule has 1 aliphatic heterocycles. The highest BCUT2D eigenvalue weighted by Gasteiger charge is 2.48. The Hall–Kier alpha value is -3.51. The number of Topliss-reactive ketones (excluding diaryl/α,β-unsaturated/α-hetero) is 1. The Morgan fingerprint density at radius 1 is 1.09 bits per heavy atom. The number of ketones is 1. The Kier molecular flexibility index (Phi) is 7.08. The Morgan fingerprint density at radius 3 is 2.50 bits per heavy atom. The molecular weight excluding hydrogens is 454 g/mol. The number of benzene rings is 2. The summed E-state index contributed by atoms with van der Waals surface area (Å²) in [5.41, 5.74) is 0.790. The number of amides is 1. The number of aliphatic hydroxyl groups is 1. The third-order valence-electron chi connectivity index (χ3n) is 5.71. The predicted octanol–water partition coefficient (Wildman–Crippen LogP) is 6.44. The topological polar surface area (TPSA) is 80.0 Å². The van der Waals surface area contributed by atoms with Crippen molar-refractivity contribution >= 4 is 34.7 Å². The molecule has 0 spiro atoms. The van der Waals surface area contributed by atoms with Crippen molar-refractivity contribution in [3.05, 3.63) is 88.3 Å². The maximum absolute atomic E-state index is 13.1. The van der Waals surface area contributed by atoms with Crippen molar-refractivity contribution in [2.45, 2.75) is 39.2 Å². The second-order valence-corrected chi connectivity index (χ2v) is 8.61. The summed E-state index contributed by atoms with van der Waals surface area (Å²) in [5.74, 6) is -0.176. The average Bonchev–Trinajstić information content (AvgIpc) is 3.37. The lowest BCUT2D eigenvalue weighted by atomic mass is 9.99. The van der Waals surface area contributed by atoms with Gasteiger partial charge in [-0.05, 0) is 67.9 Å². The van der Waals surface area contributed by atoms with Gasteiger partial charge in [-0.2, -0.15) is 0 Å². The van der Waals surface area contributed by atoms with E-state index in [0.29, 0.717) is 40.2 Å². The Labute approximate surface area is 203 Å². The Balaban J connectivity index is 1.74. The summed E-state index contributed by atoms with van der Waals surface area (Å²) in [6.07, 6.45) is 3.17. The molecule has 0 saturated carbocycles. The SMILES string of the molecule is CCCCCOc1ccc(/C(O)=C2/C(=O)C(=O)N(c3cccc(Cl)c3)C2c2ccc(C)o2)cc1. The number of carbonyl (C=O) groups excluding carboxylic acids is 2. The monoisotopic (exact) mass is 479 g/mol. The first kappa shape index (κ1) is 23.6. The minimum absolute atomic E-state index is 0.0454. The molecule has 4 rings (SSSR count). The van der Waals surface area contributed by atoms with E-state index >= 15 is 0 Å². The van der Waals surface area contributed by atoms with Gasteiger partial charge in [-0.25, -0.2) is 0 Å². The minimum Gasteiger partial charge on any atom is -0.507 e. The van der Waals surface area contributed by atoms with Crippen LogP contribution in [0.1, 0.15) is 49.3 Å². The molecule has 176 valence electrons. The van der Waals surface area contributed by atoms with Crippen LogP contribution in [0, 0.1) is 6.92 Å². The number of aryl methyl sites for hydroxylation is 1. The fourth-order valence-electron chi connectivity index (χ4n) is 4.00. The third kappa shape index (κ3) is 4.73. The van der Waals surface area contributed by atoms with Crippen LogP contribution >= 0.6 is 11.6 Å². The molecule has 0 radical (unpaired) electrons. The lowest BCUT2D eigenvalue weighted by molar-refractivity contribution is -0.132. The summed E-state index contributed by atoms with van der Waals surface area (Å²) in [5, 5.41) is 11.6. The molecule has 34 heavy (non-hydrogen) atoms. The second-order valence-electron chi connectivity index (χ2n) is 8.18. The van der Waals surface area contributed by atoms with Gasteiger partial charge < -0.3 is 14.3 Å². The number of rotatable bonds is 8. The van der Waals surface area contributed by atoms with E-state index in [4.69, 9.17) is 20.8 Å². The summed E-state index contributed by atoms with van der Waals surface area (Å²) in [7, 11) is 0. The lowest BCUT2D eigenvalue weighted by Gasteiger charge is -2.23. The van der Waals surface area contributed by atoms with Crippen molar-refractivity contribution in [2.75, 3.05) is 11.5 Å². The zero-order chi connectivity index (χ0) is 24.2. The first-order valence-corrected chi connectivity index (χ1v) is 11.6. The van der Waals surface area contributed by atoms with Crippen LogP contribution in [0.3, 0.4) is 0 Å². The molecule has 1 atom stereocenters. The number of furan rings is 1. The van der Waals surface area contributed by atoms with Crippen LogP contribution in [-0.4, -0.2) is 23.4 Å². The van der Waals surface area contributed by atoms with Gasteiger partial charge >= 0.3 is 0 Å². The van der Waals surface area contributed by atoms with E-state index in [1.54, 1.807) is 67.6 Å². The van der Waals surface area contributed by atoms with Gasteiger partial charge in [0, 0.05) is 16.3 Å². The smallest absolute Gasteiger partial charge is 0.300 e. The van der Waals surface area contributed by atoms with Gasteiger partial charge in [-0.3, -0.25) is 14.5 Å². The fourth-order valence-corrected chi connectivity index (χ4v) is 4.19. The highest BCUT2D eigenvalue weighted by Crippen LogP contribution is 2.43. The molecule has 1 aromatic heterocycles. The molecule has 0 aliphatic carbocycles. The van der Waals surface area contributed by atoms with Crippen LogP contribution in [0.2, 0.25) is 5.02 Å². The highest BCUT2D eigenvalue weighted by atomic mass is 35.5. The molecule has 1 aliphatic rings. The van der Waals surface area contributed by atoms with Crippen LogP contribution < -0.4 is 9.64 Å². The van der Waals surface area contributed by atoms with Crippen LogP contribution in [0.25, 0.3) is 5.76 Å². The van der Waals surface area contributed by atoms with Crippen LogP contribution in [0.5, 0.6) is 5.75 Å². The normalized spacial score (nSPS) is 17.4. The molecule has 3 aromatic rings. The number of hydrogen-bond donors (Lipinski definition) is 1. The van der Waals surface area contributed by atoms with Crippen molar-refractivity contribution in [1.29, 1.82) is 0 Å². The number of nitrogens with zero attached hydrogens (tertiary/aromatic N) is 1. The van der Waals surface area contributed by atoms with Gasteiger partial charge in [0.1, 0.15) is 29.1 Å². The van der Waals surface area contributed by atoms with Crippen molar-refractivity contribution in [3.63, 3.8) is 0 Å². The van der Waals surface area contributed by atoms with Gasteiger partial charge in [0.25, 0.3) is 11.7 Å². The minimum atomic E-state index is -0.933. The molecule has 1 amide bonds. The van der Waals surface area contributed by atoms with Crippen molar-refractivity contribution < 1.29 is 23.8 Å². The summed E-state index contributed by atoms with van der Waals surface area (Å²) >= 11 is 6.15. The zero-order valence-corrected chi connectivity index (χ0v) is 19.8. The summed E-state index contributed by atoms with van der Waals surface area (Å²) in [6, 6.07) is 16.0. The number of aliphatic hydroxyl groups excluding tert-OH is 1. The first-order chi connectivity index (χ1) is 16.4. The van der Waals surface area contributed by atoms with Crippen LogP contribution in [0.4, 0.5) is 5.69 Å². The molecule has 1 unspecified atom stereocenters. The summed E-state index contributed by atoms with van der Waals surface area (Å²) < 4.78 is 11.5. The molecule has 6 nitrogen and oxygen atoms in total. The van der Waals surface area contributed by atoms with E-state index in [1.165, 1.54) is 4.90 Å². The Morgan fingerprint density at radius 2 is 1.85 bits per heavy atom. The van der Waals surface area contributed by atoms with Crippen molar-refractivity contribution in [2.24, 2.45) is 0 Å². The quantitative estimate of drug-likeness (QED) is 0.174. The predicted molar refractivity (Wildman–Crippen MR) is 131 cm³/mol. The van der Waals surface area contributed by atoms with Crippen molar-refractivity contribution in [3.8, 4) is 5.75 Å². The summed E-state index contributed by atoms with van der Waals surface area (Å²) in [4.78, 5) is 27.6. The number of ether oxygens (including phenoxy) is 1. The second kappa shape index (κ2) is 10.2. The molecule has 7 heteroatoms. The highest BCUT2D eigenvalue weighted by molar-refractivity contribution is 6.51. The number of halogens is 1. The number of anilines is 1. The zero-order valence-electron chi connectivity index (χ0n) is 19.1. The van der Waals surface area contributed by atoms with E-state index < -0.39 is 17.7 Å². The van der Waals surface area contributed by atoms with Gasteiger partial charge in [0.05, 0.1) is 12.2 Å². The largest absolute Gasteiger partial charge is 0.507 e. The maximum atomic E-state index is 13.1. The fraction of sp³-hybridized carbons (Fsp3) is 0.259. The number of carbonyl (C=O) groups is 2.